The minimum Gasteiger partial charge on any atom is -0.439 e. The Bertz CT molecular complexity index is 528. The van der Waals surface area contributed by atoms with Gasteiger partial charge in [0.05, 0.1) is 6.20 Å². The van der Waals surface area contributed by atoms with Crippen molar-refractivity contribution in [2.75, 3.05) is 0 Å². The number of hydrogen-bond acceptors (Lipinski definition) is 3. The van der Waals surface area contributed by atoms with E-state index in [0.29, 0.717) is 17.2 Å². The Labute approximate surface area is 107 Å². The van der Waals surface area contributed by atoms with Crippen molar-refractivity contribution in [1.82, 2.24) is 4.98 Å². The Morgan fingerprint density at radius 2 is 2.17 bits per heavy atom. The van der Waals surface area contributed by atoms with E-state index in [1.54, 1.807) is 19.1 Å². The van der Waals surface area contributed by atoms with Gasteiger partial charge in [0.1, 0.15) is 11.1 Å². The molecule has 0 saturated carbocycles. The number of nitrogens with zero attached hydrogens (tertiary/aromatic N) is 1. The molecule has 3 nitrogen and oxygen atoms in total. The summed E-state index contributed by atoms with van der Waals surface area (Å²) in [5.41, 5.74) is 0.601. The molecule has 2 rings (SSSR count). The zero-order valence-electron chi connectivity index (χ0n) is 9.44. The molecule has 1 aromatic heterocycles. The first-order chi connectivity index (χ1) is 8.56. The van der Waals surface area contributed by atoms with Crippen LogP contribution in [0.25, 0.3) is 11.3 Å². The van der Waals surface area contributed by atoms with Crippen LogP contribution in [0.4, 0.5) is 8.78 Å². The third kappa shape index (κ3) is 2.98. The fourth-order valence-corrected chi connectivity index (χ4v) is 1.53. The number of alkyl halides is 3. The Morgan fingerprint density at radius 1 is 1.39 bits per heavy atom. The van der Waals surface area contributed by atoms with Crippen molar-refractivity contribution >= 4 is 11.6 Å². The van der Waals surface area contributed by atoms with Crippen molar-refractivity contribution in [3.05, 3.63) is 36.4 Å². The standard InChI is InChI=1S/C12H10ClF2NO2/c1-7(13)11-16-6-10(18-11)8-3-2-4-9(5-8)17-12(14)15/h2-7,12H,1H3. The molecule has 0 N–H and O–H groups in total. The van der Waals surface area contributed by atoms with Gasteiger partial charge in [-0.15, -0.1) is 11.6 Å². The minimum absolute atomic E-state index is 0.0689. The van der Waals surface area contributed by atoms with Crippen LogP contribution in [-0.4, -0.2) is 11.6 Å². The molecule has 1 unspecified atom stereocenters. The van der Waals surface area contributed by atoms with Gasteiger partial charge in [0.25, 0.3) is 0 Å². The van der Waals surface area contributed by atoms with Crippen LogP contribution in [-0.2, 0) is 0 Å². The van der Waals surface area contributed by atoms with Crippen LogP contribution in [0.3, 0.4) is 0 Å². The Balaban J connectivity index is 2.26. The third-order valence-electron chi connectivity index (χ3n) is 2.21. The summed E-state index contributed by atoms with van der Waals surface area (Å²) in [6, 6.07) is 6.20. The fraction of sp³-hybridized carbons (Fsp3) is 0.250. The Kier molecular flexibility index (Phi) is 3.81. The molecular formula is C12H10ClF2NO2. The molecule has 0 fully saturated rings. The van der Waals surface area contributed by atoms with E-state index in [1.807, 2.05) is 0 Å². The molecule has 0 radical (unpaired) electrons. The van der Waals surface area contributed by atoms with Crippen molar-refractivity contribution in [2.45, 2.75) is 18.9 Å². The maximum atomic E-state index is 12.1. The number of benzene rings is 1. The van der Waals surface area contributed by atoms with Gasteiger partial charge in [-0.05, 0) is 19.1 Å². The van der Waals surface area contributed by atoms with Crippen LogP contribution in [0.2, 0.25) is 0 Å². The molecule has 0 spiro atoms. The average Bonchev–Trinajstić information content (AvgIpc) is 2.77. The maximum absolute atomic E-state index is 12.1. The SMILES string of the molecule is CC(Cl)c1ncc(-c2cccc(OC(F)F)c2)o1. The molecule has 0 saturated heterocycles. The second kappa shape index (κ2) is 5.35. The number of ether oxygens (including phenoxy) is 1. The van der Waals surface area contributed by atoms with Crippen LogP contribution in [0.1, 0.15) is 18.2 Å². The topological polar surface area (TPSA) is 35.3 Å². The van der Waals surface area contributed by atoms with Crippen molar-refractivity contribution in [3.63, 3.8) is 0 Å². The van der Waals surface area contributed by atoms with E-state index >= 15 is 0 Å². The normalized spacial score (nSPS) is 12.7. The summed E-state index contributed by atoms with van der Waals surface area (Å²) in [6.07, 6.45) is 1.50. The molecule has 96 valence electrons. The van der Waals surface area contributed by atoms with E-state index < -0.39 is 6.61 Å². The predicted molar refractivity (Wildman–Crippen MR) is 62.8 cm³/mol. The molecule has 1 atom stereocenters. The van der Waals surface area contributed by atoms with Gasteiger partial charge in [0.2, 0.25) is 5.89 Å². The number of aromatic nitrogens is 1. The van der Waals surface area contributed by atoms with Crippen molar-refractivity contribution < 1.29 is 17.9 Å². The lowest BCUT2D eigenvalue weighted by Crippen LogP contribution is -2.01. The monoisotopic (exact) mass is 273 g/mol. The number of rotatable bonds is 4. The quantitative estimate of drug-likeness (QED) is 0.782. The molecule has 18 heavy (non-hydrogen) atoms. The second-order valence-electron chi connectivity index (χ2n) is 3.59. The summed E-state index contributed by atoms with van der Waals surface area (Å²) >= 11 is 5.82. The molecular weight excluding hydrogens is 264 g/mol. The smallest absolute Gasteiger partial charge is 0.387 e. The molecule has 2 aromatic rings. The van der Waals surface area contributed by atoms with E-state index in [9.17, 15) is 8.78 Å². The lowest BCUT2D eigenvalue weighted by atomic mass is 10.2. The first-order valence-corrected chi connectivity index (χ1v) is 5.65. The van der Waals surface area contributed by atoms with Crippen LogP contribution in [0.5, 0.6) is 5.75 Å². The maximum Gasteiger partial charge on any atom is 0.387 e. The van der Waals surface area contributed by atoms with E-state index in [-0.39, 0.29) is 11.1 Å². The second-order valence-corrected chi connectivity index (χ2v) is 4.24. The lowest BCUT2D eigenvalue weighted by molar-refractivity contribution is -0.0498. The average molecular weight is 274 g/mol. The number of oxazole rings is 1. The summed E-state index contributed by atoms with van der Waals surface area (Å²) in [7, 11) is 0. The number of hydrogen-bond donors (Lipinski definition) is 0. The van der Waals surface area contributed by atoms with Crippen LogP contribution in [0.15, 0.2) is 34.9 Å². The molecule has 1 heterocycles. The minimum atomic E-state index is -2.85. The van der Waals surface area contributed by atoms with Gasteiger partial charge in [-0.2, -0.15) is 8.78 Å². The summed E-state index contributed by atoms with van der Waals surface area (Å²) in [4.78, 5) is 4.00. The molecule has 0 aliphatic rings. The zero-order valence-corrected chi connectivity index (χ0v) is 10.2. The van der Waals surface area contributed by atoms with E-state index in [2.05, 4.69) is 9.72 Å². The van der Waals surface area contributed by atoms with Crippen LogP contribution < -0.4 is 4.74 Å². The van der Waals surface area contributed by atoms with Crippen molar-refractivity contribution in [3.8, 4) is 17.1 Å². The summed E-state index contributed by atoms with van der Waals surface area (Å²) in [5, 5.41) is -0.348. The van der Waals surface area contributed by atoms with Gasteiger partial charge >= 0.3 is 6.61 Å². The lowest BCUT2D eigenvalue weighted by Gasteiger charge is -2.05. The summed E-state index contributed by atoms with van der Waals surface area (Å²) in [6.45, 7) is -1.12. The largest absolute Gasteiger partial charge is 0.439 e. The highest BCUT2D eigenvalue weighted by Gasteiger charge is 2.12. The molecule has 0 amide bonds. The highest BCUT2D eigenvalue weighted by Crippen LogP contribution is 2.28. The van der Waals surface area contributed by atoms with E-state index in [1.165, 1.54) is 18.3 Å². The summed E-state index contributed by atoms with van der Waals surface area (Å²) < 4.78 is 33.9. The van der Waals surface area contributed by atoms with Gasteiger partial charge in [-0.3, -0.25) is 0 Å². The highest BCUT2D eigenvalue weighted by atomic mass is 35.5. The van der Waals surface area contributed by atoms with E-state index in [4.69, 9.17) is 16.0 Å². The first kappa shape index (κ1) is 12.8. The van der Waals surface area contributed by atoms with Gasteiger partial charge in [0.15, 0.2) is 5.76 Å². The number of halogens is 3. The molecule has 0 aliphatic carbocycles. The van der Waals surface area contributed by atoms with Gasteiger partial charge in [-0.25, -0.2) is 4.98 Å². The Morgan fingerprint density at radius 3 is 2.78 bits per heavy atom. The third-order valence-corrected chi connectivity index (χ3v) is 2.39. The van der Waals surface area contributed by atoms with Crippen LogP contribution in [0, 0.1) is 0 Å². The van der Waals surface area contributed by atoms with Crippen molar-refractivity contribution in [2.24, 2.45) is 0 Å². The van der Waals surface area contributed by atoms with E-state index in [0.717, 1.165) is 0 Å². The zero-order chi connectivity index (χ0) is 13.1. The fourth-order valence-electron chi connectivity index (χ4n) is 1.43. The van der Waals surface area contributed by atoms with Gasteiger partial charge in [-0.1, -0.05) is 12.1 Å². The molecule has 6 heteroatoms. The summed E-state index contributed by atoms with van der Waals surface area (Å²) in [5.74, 6) is 0.906. The van der Waals surface area contributed by atoms with Gasteiger partial charge in [0, 0.05) is 5.56 Å². The Hall–Kier alpha value is -1.62. The predicted octanol–water partition coefficient (Wildman–Crippen LogP) is 4.24. The highest BCUT2D eigenvalue weighted by molar-refractivity contribution is 6.20. The molecule has 1 aromatic carbocycles. The molecule has 0 bridgehead atoms. The van der Waals surface area contributed by atoms with Crippen molar-refractivity contribution in [1.29, 1.82) is 0 Å². The molecule has 0 aliphatic heterocycles. The first-order valence-electron chi connectivity index (χ1n) is 5.21. The van der Waals surface area contributed by atoms with Crippen LogP contribution >= 0.6 is 11.6 Å². The van der Waals surface area contributed by atoms with Gasteiger partial charge < -0.3 is 9.15 Å².